The summed E-state index contributed by atoms with van der Waals surface area (Å²) in [6.07, 6.45) is 1.45. The third-order valence-electron chi connectivity index (χ3n) is 0.815. The highest BCUT2D eigenvalue weighted by Crippen LogP contribution is 2.07. The second-order valence-electron chi connectivity index (χ2n) is 1.62. The van der Waals surface area contributed by atoms with Crippen LogP contribution in [0.4, 0.5) is 4.39 Å². The van der Waals surface area contributed by atoms with Gasteiger partial charge in [-0.3, -0.25) is 0 Å². The lowest BCUT2D eigenvalue weighted by Crippen LogP contribution is -1.98. The molecule has 0 N–H and O–H groups in total. The van der Waals surface area contributed by atoms with Crippen molar-refractivity contribution in [2.24, 2.45) is 0 Å². The quantitative estimate of drug-likeness (QED) is 0.486. The van der Waals surface area contributed by atoms with Gasteiger partial charge in [-0.15, -0.1) is 0 Å². The lowest BCUT2D eigenvalue weighted by molar-refractivity contribution is 0.586. The zero-order valence-electron chi connectivity index (χ0n) is 5.03. The highest BCUT2D eigenvalue weighted by atomic mass is 35.7. The van der Waals surface area contributed by atoms with E-state index in [9.17, 15) is 12.8 Å². The Morgan fingerprint density at radius 2 is 1.82 bits per heavy atom. The van der Waals surface area contributed by atoms with Crippen molar-refractivity contribution in [1.82, 2.24) is 9.97 Å². The molecule has 1 heterocycles. The van der Waals surface area contributed by atoms with Crippen molar-refractivity contribution >= 4 is 19.7 Å². The fraction of sp³-hybridized carbons (Fsp3) is 0. The smallest absolute Gasteiger partial charge is 0.223 e. The van der Waals surface area contributed by atoms with E-state index < -0.39 is 20.0 Å². The maximum atomic E-state index is 12.1. The van der Waals surface area contributed by atoms with E-state index in [1.807, 2.05) is 0 Å². The van der Waals surface area contributed by atoms with Crippen molar-refractivity contribution in [2.75, 3.05) is 0 Å². The van der Waals surface area contributed by atoms with Crippen molar-refractivity contribution in [3.05, 3.63) is 18.2 Å². The SMILES string of the molecule is O=S(=O)(Cl)c1ncc(F)cn1. The predicted molar refractivity (Wildman–Crippen MR) is 35.0 cm³/mol. The summed E-state index contributed by atoms with van der Waals surface area (Å²) in [4.78, 5) is 6.29. The Labute approximate surface area is 66.5 Å². The van der Waals surface area contributed by atoms with Gasteiger partial charge in [0.05, 0.1) is 12.4 Å². The number of nitrogens with zero attached hydrogens (tertiary/aromatic N) is 2. The van der Waals surface area contributed by atoms with Gasteiger partial charge in [0.15, 0.2) is 5.82 Å². The van der Waals surface area contributed by atoms with Gasteiger partial charge in [0.2, 0.25) is 0 Å². The molecule has 0 amide bonds. The fourth-order valence-electron chi connectivity index (χ4n) is 0.426. The van der Waals surface area contributed by atoms with Crippen LogP contribution in [0.2, 0.25) is 0 Å². The molecule has 0 saturated heterocycles. The molecule has 0 atom stereocenters. The van der Waals surface area contributed by atoms with Crippen molar-refractivity contribution in [2.45, 2.75) is 5.16 Å². The van der Waals surface area contributed by atoms with Crippen LogP contribution in [0.25, 0.3) is 0 Å². The average molecular weight is 197 g/mol. The molecule has 0 radical (unpaired) electrons. The molecule has 60 valence electrons. The van der Waals surface area contributed by atoms with E-state index in [-0.39, 0.29) is 0 Å². The minimum Gasteiger partial charge on any atom is -0.223 e. The van der Waals surface area contributed by atoms with Gasteiger partial charge in [-0.05, 0) is 0 Å². The molecule has 7 heteroatoms. The first kappa shape index (κ1) is 8.35. The number of hydrogen-bond acceptors (Lipinski definition) is 4. The monoisotopic (exact) mass is 196 g/mol. The van der Waals surface area contributed by atoms with Crippen molar-refractivity contribution in [3.8, 4) is 0 Å². The topological polar surface area (TPSA) is 59.9 Å². The van der Waals surface area contributed by atoms with Crippen LogP contribution >= 0.6 is 10.7 Å². The van der Waals surface area contributed by atoms with Crippen LogP contribution in [0.3, 0.4) is 0 Å². The molecule has 0 aliphatic carbocycles. The first-order chi connectivity index (χ1) is 5.00. The Morgan fingerprint density at radius 3 is 2.18 bits per heavy atom. The Hall–Kier alpha value is -0.750. The Balaban J connectivity index is 3.20. The van der Waals surface area contributed by atoms with Crippen LogP contribution in [0.5, 0.6) is 0 Å². The van der Waals surface area contributed by atoms with E-state index in [2.05, 4.69) is 9.97 Å². The minimum absolute atomic E-state index is 0.597. The molecule has 0 unspecified atom stereocenters. The molecule has 4 nitrogen and oxygen atoms in total. The largest absolute Gasteiger partial charge is 0.296 e. The van der Waals surface area contributed by atoms with E-state index in [0.717, 1.165) is 12.4 Å². The maximum absolute atomic E-state index is 12.1. The predicted octanol–water partition coefficient (Wildman–Crippen LogP) is 0.543. The van der Waals surface area contributed by atoms with Gasteiger partial charge in [-0.1, -0.05) is 0 Å². The second-order valence-corrected chi connectivity index (χ2v) is 4.08. The zero-order chi connectivity index (χ0) is 8.48. The highest BCUT2D eigenvalue weighted by Gasteiger charge is 2.12. The maximum Gasteiger partial charge on any atom is 0.296 e. The van der Waals surface area contributed by atoms with Gasteiger partial charge in [-0.25, -0.2) is 22.8 Å². The van der Waals surface area contributed by atoms with Gasteiger partial charge in [-0.2, -0.15) is 0 Å². The average Bonchev–Trinajstić information content (AvgIpc) is 1.86. The first-order valence-electron chi connectivity index (χ1n) is 2.42. The molecule has 1 aromatic rings. The van der Waals surface area contributed by atoms with Gasteiger partial charge in [0.25, 0.3) is 14.2 Å². The number of aromatic nitrogens is 2. The molecule has 0 saturated carbocycles. The van der Waals surface area contributed by atoms with E-state index >= 15 is 0 Å². The molecule has 0 aliphatic heterocycles. The van der Waals surface area contributed by atoms with Crippen molar-refractivity contribution in [1.29, 1.82) is 0 Å². The normalized spacial score (nSPS) is 11.5. The van der Waals surface area contributed by atoms with Crippen LogP contribution in [0.1, 0.15) is 0 Å². The van der Waals surface area contributed by atoms with Crippen molar-refractivity contribution in [3.63, 3.8) is 0 Å². The third-order valence-corrected chi connectivity index (χ3v) is 1.88. The molecule has 0 aromatic carbocycles. The zero-order valence-corrected chi connectivity index (χ0v) is 6.60. The van der Waals surface area contributed by atoms with E-state index in [1.165, 1.54) is 0 Å². The summed E-state index contributed by atoms with van der Waals surface area (Å²) >= 11 is 0. The van der Waals surface area contributed by atoms with Gasteiger partial charge < -0.3 is 0 Å². The molecule has 1 rings (SSSR count). The van der Waals surface area contributed by atoms with E-state index in [0.29, 0.717) is 0 Å². The minimum atomic E-state index is -3.94. The van der Waals surface area contributed by atoms with Gasteiger partial charge in [0.1, 0.15) is 0 Å². The Bertz CT molecular complexity index is 349. The summed E-state index contributed by atoms with van der Waals surface area (Å²) in [7, 11) is 0.899. The summed E-state index contributed by atoms with van der Waals surface area (Å²) in [6.45, 7) is 0. The first-order valence-corrected chi connectivity index (χ1v) is 4.73. The van der Waals surface area contributed by atoms with Crippen LogP contribution < -0.4 is 0 Å². The lowest BCUT2D eigenvalue weighted by atomic mass is 10.7. The highest BCUT2D eigenvalue weighted by molar-refractivity contribution is 8.13. The number of hydrogen-bond donors (Lipinski definition) is 0. The molecule has 1 aromatic heterocycles. The summed E-state index contributed by atoms with van der Waals surface area (Å²) in [5, 5.41) is -0.597. The Morgan fingerprint density at radius 1 is 1.36 bits per heavy atom. The molecule has 0 fully saturated rings. The molecule has 0 aliphatic rings. The van der Waals surface area contributed by atoms with E-state index in [1.54, 1.807) is 0 Å². The molecule has 11 heavy (non-hydrogen) atoms. The molecule has 0 bridgehead atoms. The summed E-state index contributed by atoms with van der Waals surface area (Å²) in [6, 6.07) is 0. The summed E-state index contributed by atoms with van der Waals surface area (Å²) in [5.41, 5.74) is 0. The van der Waals surface area contributed by atoms with Crippen LogP contribution in [-0.2, 0) is 9.05 Å². The third kappa shape index (κ3) is 2.09. The summed E-state index contributed by atoms with van der Waals surface area (Å²) in [5.74, 6) is -0.714. The Kier molecular flexibility index (Phi) is 2.05. The number of halogens is 2. The molecular weight excluding hydrogens is 195 g/mol. The molecular formula is C4H2ClFN2O2S. The summed E-state index contributed by atoms with van der Waals surface area (Å²) < 4.78 is 33.0. The van der Waals surface area contributed by atoms with Crippen molar-refractivity contribution < 1.29 is 12.8 Å². The van der Waals surface area contributed by atoms with Crippen LogP contribution in [-0.4, -0.2) is 18.4 Å². The standard InChI is InChI=1S/C4H2ClFN2O2S/c5-11(9,10)4-7-1-3(6)2-8-4/h1-2H. The van der Waals surface area contributed by atoms with Gasteiger partial charge >= 0.3 is 0 Å². The fourth-order valence-corrected chi connectivity index (χ4v) is 1.02. The molecule has 0 spiro atoms. The van der Waals surface area contributed by atoms with Gasteiger partial charge in [0, 0.05) is 10.7 Å². The lowest BCUT2D eigenvalue weighted by Gasteiger charge is -1.90. The van der Waals surface area contributed by atoms with E-state index in [4.69, 9.17) is 10.7 Å². The second kappa shape index (κ2) is 2.71. The van der Waals surface area contributed by atoms with Crippen LogP contribution in [0, 0.1) is 5.82 Å². The number of rotatable bonds is 1. The van der Waals surface area contributed by atoms with Crippen LogP contribution in [0.15, 0.2) is 17.6 Å².